The predicted octanol–water partition coefficient (Wildman–Crippen LogP) is 1.30. The molecule has 0 spiro atoms. The number of benzene rings is 1. The third kappa shape index (κ3) is 4.38. The summed E-state index contributed by atoms with van der Waals surface area (Å²) >= 11 is 0. The van der Waals surface area contributed by atoms with Crippen molar-refractivity contribution in [2.24, 2.45) is 0 Å². The van der Waals surface area contributed by atoms with Crippen LogP contribution in [0.2, 0.25) is 0 Å². The summed E-state index contributed by atoms with van der Waals surface area (Å²) in [6.07, 6.45) is -0.675. The smallest absolute Gasteiger partial charge is 0.254 e. The average Bonchev–Trinajstić information content (AvgIpc) is 2.58. The van der Waals surface area contributed by atoms with Crippen molar-refractivity contribution in [3.8, 4) is 0 Å². The minimum Gasteiger partial charge on any atom is -0.356 e. The first-order valence-corrected chi connectivity index (χ1v) is 8.73. The van der Waals surface area contributed by atoms with Crippen molar-refractivity contribution in [2.75, 3.05) is 47.4 Å². The van der Waals surface area contributed by atoms with Gasteiger partial charge < -0.3 is 19.4 Å². The normalized spacial score (nSPS) is 20.9. The lowest BCUT2D eigenvalue weighted by Crippen LogP contribution is -2.54. The van der Waals surface area contributed by atoms with Gasteiger partial charge in [-0.15, -0.1) is 0 Å². The van der Waals surface area contributed by atoms with Gasteiger partial charge in [-0.1, -0.05) is 24.3 Å². The van der Waals surface area contributed by atoms with Gasteiger partial charge in [-0.05, 0) is 39.1 Å². The fraction of sp³-hybridized carbons (Fsp3) is 0.579. The van der Waals surface area contributed by atoms with Gasteiger partial charge in [0, 0.05) is 26.7 Å². The molecular formula is C19H29N3O3. The minimum absolute atomic E-state index is 0.0550. The molecule has 1 saturated heterocycles. The van der Waals surface area contributed by atoms with E-state index in [1.54, 1.807) is 16.8 Å². The molecule has 1 aliphatic rings. The Labute approximate surface area is 150 Å². The highest BCUT2D eigenvalue weighted by Crippen LogP contribution is 2.32. The SMILES string of the molecule is CCN(CCN(C)C)C(=O)[C@H]1OCC(=O)N(C)[C@@H]1c1ccccc1C. The molecule has 0 aromatic heterocycles. The fourth-order valence-electron chi connectivity index (χ4n) is 3.13. The number of aryl methyl sites for hydroxylation is 1. The van der Waals surface area contributed by atoms with Gasteiger partial charge in [0.25, 0.3) is 5.91 Å². The number of ether oxygens (including phenoxy) is 1. The van der Waals surface area contributed by atoms with Crippen LogP contribution < -0.4 is 0 Å². The van der Waals surface area contributed by atoms with Gasteiger partial charge >= 0.3 is 0 Å². The number of rotatable bonds is 6. The maximum Gasteiger partial charge on any atom is 0.254 e. The van der Waals surface area contributed by atoms with Crippen LogP contribution in [-0.4, -0.2) is 80.0 Å². The van der Waals surface area contributed by atoms with Gasteiger partial charge in [0.1, 0.15) is 6.61 Å². The molecule has 0 radical (unpaired) electrons. The summed E-state index contributed by atoms with van der Waals surface area (Å²) in [6.45, 7) is 5.95. The Morgan fingerprint density at radius 2 is 1.96 bits per heavy atom. The Kier molecular flexibility index (Phi) is 6.56. The maximum atomic E-state index is 13.1. The standard InChI is InChI=1S/C19H29N3O3/c1-6-22(12-11-20(3)4)19(24)18-17(21(5)16(23)13-25-18)15-10-8-7-9-14(15)2/h7-10,17-18H,6,11-13H2,1-5H3/t17-,18+/m1/s1. The zero-order valence-electron chi connectivity index (χ0n) is 15.9. The van der Waals surface area contributed by atoms with E-state index in [2.05, 4.69) is 0 Å². The number of hydrogen-bond acceptors (Lipinski definition) is 4. The lowest BCUT2D eigenvalue weighted by molar-refractivity contribution is -0.167. The summed E-state index contributed by atoms with van der Waals surface area (Å²) in [6, 6.07) is 7.45. The van der Waals surface area contributed by atoms with Crippen LogP contribution in [0, 0.1) is 6.92 Å². The molecule has 6 heteroatoms. The van der Waals surface area contributed by atoms with Gasteiger partial charge in [0.15, 0.2) is 6.10 Å². The van der Waals surface area contributed by atoms with E-state index in [1.807, 2.05) is 57.1 Å². The van der Waals surface area contributed by atoms with Crippen molar-refractivity contribution in [1.82, 2.24) is 14.7 Å². The van der Waals surface area contributed by atoms with Crippen molar-refractivity contribution in [1.29, 1.82) is 0 Å². The first-order chi connectivity index (χ1) is 11.9. The van der Waals surface area contributed by atoms with Crippen molar-refractivity contribution in [3.05, 3.63) is 35.4 Å². The van der Waals surface area contributed by atoms with E-state index in [9.17, 15) is 9.59 Å². The second-order valence-electron chi connectivity index (χ2n) is 6.76. The predicted molar refractivity (Wildman–Crippen MR) is 97.2 cm³/mol. The first kappa shape index (κ1) is 19.4. The van der Waals surface area contributed by atoms with Gasteiger partial charge in [0.05, 0.1) is 6.04 Å². The van der Waals surface area contributed by atoms with E-state index < -0.39 is 12.1 Å². The number of carbonyl (C=O) groups is 2. The van der Waals surface area contributed by atoms with Crippen molar-refractivity contribution in [3.63, 3.8) is 0 Å². The molecule has 1 aliphatic heterocycles. The monoisotopic (exact) mass is 347 g/mol. The van der Waals surface area contributed by atoms with Gasteiger partial charge in [-0.2, -0.15) is 0 Å². The zero-order valence-corrected chi connectivity index (χ0v) is 15.9. The van der Waals surface area contributed by atoms with Crippen molar-refractivity contribution >= 4 is 11.8 Å². The highest BCUT2D eigenvalue weighted by Gasteiger charge is 2.42. The topological polar surface area (TPSA) is 53.1 Å². The van der Waals surface area contributed by atoms with Gasteiger partial charge in [-0.25, -0.2) is 0 Å². The number of carbonyl (C=O) groups excluding carboxylic acids is 2. The second-order valence-corrected chi connectivity index (χ2v) is 6.76. The van der Waals surface area contributed by atoms with E-state index in [-0.39, 0.29) is 18.4 Å². The Bertz CT molecular complexity index is 618. The maximum absolute atomic E-state index is 13.1. The van der Waals surface area contributed by atoms with Crippen LogP contribution >= 0.6 is 0 Å². The molecule has 0 saturated carbocycles. The quantitative estimate of drug-likeness (QED) is 0.778. The largest absolute Gasteiger partial charge is 0.356 e. The molecule has 0 aliphatic carbocycles. The summed E-state index contributed by atoms with van der Waals surface area (Å²) in [7, 11) is 5.72. The number of hydrogen-bond donors (Lipinski definition) is 0. The molecule has 1 aromatic rings. The number of nitrogens with zero attached hydrogens (tertiary/aromatic N) is 3. The Balaban J connectivity index is 2.30. The Hall–Kier alpha value is -1.92. The van der Waals surface area contributed by atoms with Crippen LogP contribution in [0.15, 0.2) is 24.3 Å². The van der Waals surface area contributed by atoms with Crippen LogP contribution in [0.3, 0.4) is 0 Å². The lowest BCUT2D eigenvalue weighted by Gasteiger charge is -2.40. The number of likely N-dealkylation sites (N-methyl/N-ethyl adjacent to an activating group) is 3. The zero-order chi connectivity index (χ0) is 18.6. The molecule has 138 valence electrons. The molecule has 1 fully saturated rings. The van der Waals surface area contributed by atoms with E-state index in [0.29, 0.717) is 13.1 Å². The highest BCUT2D eigenvalue weighted by atomic mass is 16.5. The molecular weight excluding hydrogens is 318 g/mol. The fourth-order valence-corrected chi connectivity index (χ4v) is 3.13. The first-order valence-electron chi connectivity index (χ1n) is 8.73. The van der Waals surface area contributed by atoms with Gasteiger partial charge in [-0.3, -0.25) is 9.59 Å². The highest BCUT2D eigenvalue weighted by molar-refractivity contribution is 5.86. The number of morpholine rings is 1. The van der Waals surface area contributed by atoms with Gasteiger partial charge in [0.2, 0.25) is 5.91 Å². The molecule has 0 N–H and O–H groups in total. The summed E-state index contributed by atoms with van der Waals surface area (Å²) in [5.74, 6) is -0.161. The average molecular weight is 347 g/mol. The third-order valence-electron chi connectivity index (χ3n) is 4.74. The summed E-state index contributed by atoms with van der Waals surface area (Å²) in [5.41, 5.74) is 2.01. The molecule has 1 heterocycles. The Morgan fingerprint density at radius 1 is 1.28 bits per heavy atom. The second kappa shape index (κ2) is 8.45. The Morgan fingerprint density at radius 3 is 2.56 bits per heavy atom. The molecule has 25 heavy (non-hydrogen) atoms. The van der Waals surface area contributed by atoms with E-state index in [1.165, 1.54) is 0 Å². The van der Waals surface area contributed by atoms with Crippen LogP contribution in [0.4, 0.5) is 0 Å². The lowest BCUT2D eigenvalue weighted by atomic mass is 9.93. The molecule has 2 amide bonds. The van der Waals surface area contributed by atoms with E-state index in [0.717, 1.165) is 17.7 Å². The van der Waals surface area contributed by atoms with Crippen LogP contribution in [-0.2, 0) is 14.3 Å². The van der Waals surface area contributed by atoms with Crippen LogP contribution in [0.5, 0.6) is 0 Å². The summed E-state index contributed by atoms with van der Waals surface area (Å²) in [4.78, 5) is 30.8. The van der Waals surface area contributed by atoms with E-state index >= 15 is 0 Å². The molecule has 0 bridgehead atoms. The minimum atomic E-state index is -0.675. The van der Waals surface area contributed by atoms with Crippen molar-refractivity contribution in [2.45, 2.75) is 26.0 Å². The molecule has 2 rings (SSSR count). The van der Waals surface area contributed by atoms with E-state index in [4.69, 9.17) is 4.74 Å². The molecule has 0 unspecified atom stereocenters. The van der Waals surface area contributed by atoms with Crippen molar-refractivity contribution < 1.29 is 14.3 Å². The molecule has 1 aromatic carbocycles. The summed E-state index contributed by atoms with van der Waals surface area (Å²) < 4.78 is 5.74. The molecule has 2 atom stereocenters. The molecule has 6 nitrogen and oxygen atoms in total. The summed E-state index contributed by atoms with van der Waals surface area (Å²) in [5, 5.41) is 0. The van der Waals surface area contributed by atoms with Crippen LogP contribution in [0.1, 0.15) is 24.1 Å². The van der Waals surface area contributed by atoms with Crippen LogP contribution in [0.25, 0.3) is 0 Å². The third-order valence-corrected chi connectivity index (χ3v) is 4.74. The number of amides is 2.